The van der Waals surface area contributed by atoms with E-state index in [1.807, 2.05) is 0 Å². The van der Waals surface area contributed by atoms with Crippen molar-refractivity contribution in [1.29, 1.82) is 0 Å². The van der Waals surface area contributed by atoms with Crippen LogP contribution in [0.15, 0.2) is 41.3 Å². The lowest BCUT2D eigenvalue weighted by molar-refractivity contribution is 0.356. The van der Waals surface area contributed by atoms with Crippen LogP contribution in [-0.4, -0.2) is 15.0 Å². The highest BCUT2D eigenvalue weighted by atomic mass is 35.5. The largest absolute Gasteiger partial charge is 0.493 e. The summed E-state index contributed by atoms with van der Waals surface area (Å²) in [6, 6.07) is 9.42. The van der Waals surface area contributed by atoms with Crippen LogP contribution in [0.4, 0.5) is 11.4 Å². The van der Waals surface area contributed by atoms with Gasteiger partial charge in [-0.2, -0.15) is 0 Å². The molecule has 1 heterocycles. The standard InChI is InChI=1S/C14H13ClN2O3S/c15-12-8-10(1-3-13(12)16)17-21(18,19)11-2-4-14-9(7-11)5-6-20-14/h1-4,7-8,17H,5-6,16H2. The van der Waals surface area contributed by atoms with Crippen LogP contribution in [0.2, 0.25) is 5.02 Å². The Balaban J connectivity index is 1.91. The highest BCUT2D eigenvalue weighted by Crippen LogP contribution is 2.29. The van der Waals surface area contributed by atoms with Crippen LogP contribution in [0, 0.1) is 0 Å². The second-order valence-corrected chi connectivity index (χ2v) is 6.80. The molecule has 3 N–H and O–H groups in total. The number of nitrogens with two attached hydrogens (primary N) is 1. The average Bonchev–Trinajstić information content (AvgIpc) is 2.90. The molecule has 0 saturated carbocycles. The van der Waals surface area contributed by atoms with Gasteiger partial charge in [-0.05, 0) is 42.0 Å². The monoisotopic (exact) mass is 324 g/mol. The molecule has 2 aromatic carbocycles. The van der Waals surface area contributed by atoms with E-state index in [4.69, 9.17) is 22.1 Å². The summed E-state index contributed by atoms with van der Waals surface area (Å²) in [5.41, 5.74) is 7.26. The number of sulfonamides is 1. The Labute approximate surface area is 127 Å². The van der Waals surface area contributed by atoms with E-state index >= 15 is 0 Å². The molecule has 0 aliphatic carbocycles. The topological polar surface area (TPSA) is 81.4 Å². The molecule has 2 aromatic rings. The lowest BCUT2D eigenvalue weighted by Gasteiger charge is -2.10. The van der Waals surface area contributed by atoms with Crippen molar-refractivity contribution in [3.8, 4) is 5.75 Å². The van der Waals surface area contributed by atoms with Gasteiger partial charge in [0.2, 0.25) is 0 Å². The van der Waals surface area contributed by atoms with Crippen molar-refractivity contribution in [2.24, 2.45) is 0 Å². The van der Waals surface area contributed by atoms with Crippen molar-refractivity contribution in [3.05, 3.63) is 47.0 Å². The van der Waals surface area contributed by atoms with E-state index in [2.05, 4.69) is 4.72 Å². The fourth-order valence-electron chi connectivity index (χ4n) is 2.13. The van der Waals surface area contributed by atoms with Crippen molar-refractivity contribution in [2.45, 2.75) is 11.3 Å². The van der Waals surface area contributed by atoms with Gasteiger partial charge in [-0.15, -0.1) is 0 Å². The number of anilines is 2. The van der Waals surface area contributed by atoms with Crippen molar-refractivity contribution < 1.29 is 13.2 Å². The van der Waals surface area contributed by atoms with Gasteiger partial charge in [0, 0.05) is 6.42 Å². The summed E-state index contributed by atoms with van der Waals surface area (Å²) in [5.74, 6) is 0.740. The number of nitrogen functional groups attached to an aromatic ring is 1. The summed E-state index contributed by atoms with van der Waals surface area (Å²) in [5, 5.41) is 0.303. The Kier molecular flexibility index (Phi) is 3.43. The second kappa shape index (κ2) is 5.13. The van der Waals surface area contributed by atoms with Crippen molar-refractivity contribution in [3.63, 3.8) is 0 Å². The van der Waals surface area contributed by atoms with E-state index in [1.165, 1.54) is 12.1 Å². The van der Waals surface area contributed by atoms with Gasteiger partial charge in [-0.1, -0.05) is 11.6 Å². The summed E-state index contributed by atoms with van der Waals surface area (Å²) in [7, 11) is -3.67. The van der Waals surface area contributed by atoms with Crippen LogP contribution in [-0.2, 0) is 16.4 Å². The number of hydrogen-bond donors (Lipinski definition) is 2. The first-order valence-electron chi connectivity index (χ1n) is 6.29. The molecule has 110 valence electrons. The van der Waals surface area contributed by atoms with Gasteiger partial charge in [0.15, 0.2) is 0 Å². The SMILES string of the molecule is Nc1ccc(NS(=O)(=O)c2ccc3c(c2)CCO3)cc1Cl. The minimum Gasteiger partial charge on any atom is -0.493 e. The highest BCUT2D eigenvalue weighted by molar-refractivity contribution is 7.92. The molecule has 0 fully saturated rings. The first-order valence-corrected chi connectivity index (χ1v) is 8.15. The molecule has 0 saturated heterocycles. The van der Waals surface area contributed by atoms with Crippen molar-refractivity contribution in [1.82, 2.24) is 0 Å². The molecule has 21 heavy (non-hydrogen) atoms. The lowest BCUT2D eigenvalue weighted by Crippen LogP contribution is -2.13. The molecule has 0 amide bonds. The number of nitrogens with one attached hydrogen (secondary N) is 1. The van der Waals surface area contributed by atoms with Crippen LogP contribution in [0.5, 0.6) is 5.75 Å². The van der Waals surface area contributed by atoms with Gasteiger partial charge in [0.25, 0.3) is 10.0 Å². The van der Waals surface area contributed by atoms with Gasteiger partial charge >= 0.3 is 0 Å². The summed E-state index contributed by atoms with van der Waals surface area (Å²) < 4.78 is 32.6. The molecule has 0 bridgehead atoms. The van der Waals surface area contributed by atoms with Gasteiger partial charge in [-0.3, -0.25) is 4.72 Å². The fraction of sp³-hybridized carbons (Fsp3) is 0.143. The first-order chi connectivity index (χ1) is 9.95. The smallest absolute Gasteiger partial charge is 0.261 e. The zero-order valence-corrected chi connectivity index (χ0v) is 12.5. The molecule has 1 aliphatic rings. The van der Waals surface area contributed by atoms with E-state index < -0.39 is 10.0 Å². The third-order valence-corrected chi connectivity index (χ3v) is 4.93. The van der Waals surface area contributed by atoms with Gasteiger partial charge < -0.3 is 10.5 Å². The van der Waals surface area contributed by atoms with Gasteiger partial charge in [-0.25, -0.2) is 8.42 Å². The summed E-state index contributed by atoms with van der Waals surface area (Å²) >= 11 is 5.89. The third-order valence-electron chi connectivity index (χ3n) is 3.22. The molecule has 1 aliphatic heterocycles. The average molecular weight is 325 g/mol. The molecule has 0 radical (unpaired) electrons. The maximum absolute atomic E-state index is 12.4. The van der Waals surface area contributed by atoms with E-state index in [0.29, 0.717) is 29.4 Å². The molecule has 0 aromatic heterocycles. The molecular weight excluding hydrogens is 312 g/mol. The van der Waals surface area contributed by atoms with Crippen LogP contribution in [0.1, 0.15) is 5.56 Å². The van der Waals surface area contributed by atoms with Crippen LogP contribution in [0.25, 0.3) is 0 Å². The summed E-state index contributed by atoms with van der Waals surface area (Å²) in [4.78, 5) is 0.194. The lowest BCUT2D eigenvalue weighted by atomic mass is 10.2. The predicted molar refractivity (Wildman–Crippen MR) is 82.3 cm³/mol. The van der Waals surface area contributed by atoms with Gasteiger partial charge in [0.1, 0.15) is 5.75 Å². The molecule has 0 unspecified atom stereocenters. The number of halogens is 1. The third kappa shape index (κ3) is 2.77. The molecule has 3 rings (SSSR count). The van der Waals surface area contributed by atoms with E-state index in [1.54, 1.807) is 24.3 Å². The van der Waals surface area contributed by atoms with E-state index in [9.17, 15) is 8.42 Å². The number of ether oxygens (including phenoxy) is 1. The fourth-order valence-corrected chi connectivity index (χ4v) is 3.42. The number of hydrogen-bond acceptors (Lipinski definition) is 4. The van der Waals surface area contributed by atoms with E-state index in [-0.39, 0.29) is 4.90 Å². The number of rotatable bonds is 3. The molecule has 0 atom stereocenters. The zero-order chi connectivity index (χ0) is 15.0. The maximum Gasteiger partial charge on any atom is 0.261 e. The minimum atomic E-state index is -3.67. The number of benzene rings is 2. The Hall–Kier alpha value is -1.92. The predicted octanol–water partition coefficient (Wildman–Crippen LogP) is 2.66. The summed E-state index contributed by atoms with van der Waals surface area (Å²) in [6.07, 6.45) is 0.715. The number of fused-ring (bicyclic) bond motifs is 1. The highest BCUT2D eigenvalue weighted by Gasteiger charge is 2.19. The first kappa shape index (κ1) is 14.0. The Morgan fingerprint density at radius 2 is 2.00 bits per heavy atom. The van der Waals surface area contributed by atoms with Crippen molar-refractivity contribution >= 4 is 33.0 Å². The van der Waals surface area contributed by atoms with Crippen LogP contribution in [0.3, 0.4) is 0 Å². The molecular formula is C14H13ClN2O3S. The van der Waals surface area contributed by atoms with E-state index in [0.717, 1.165) is 11.3 Å². The summed E-state index contributed by atoms with van der Waals surface area (Å²) in [6.45, 7) is 0.583. The molecule has 5 nitrogen and oxygen atoms in total. The maximum atomic E-state index is 12.4. The second-order valence-electron chi connectivity index (χ2n) is 4.71. The minimum absolute atomic E-state index is 0.194. The Morgan fingerprint density at radius 1 is 1.19 bits per heavy atom. The Morgan fingerprint density at radius 3 is 2.76 bits per heavy atom. The zero-order valence-electron chi connectivity index (χ0n) is 11.0. The normalized spacial score (nSPS) is 13.6. The van der Waals surface area contributed by atoms with Crippen LogP contribution < -0.4 is 15.2 Å². The van der Waals surface area contributed by atoms with Crippen molar-refractivity contribution in [2.75, 3.05) is 17.1 Å². The molecule has 7 heteroatoms. The van der Waals surface area contributed by atoms with Gasteiger partial charge in [0.05, 0.1) is 27.9 Å². The Bertz CT molecular complexity index is 806. The van der Waals surface area contributed by atoms with Crippen LogP contribution >= 0.6 is 11.6 Å². The quantitative estimate of drug-likeness (QED) is 0.850. The molecule has 0 spiro atoms.